The maximum atomic E-state index is 13.0. The van der Waals surface area contributed by atoms with E-state index >= 15 is 0 Å². The summed E-state index contributed by atoms with van der Waals surface area (Å²) in [4.78, 5) is 23.0. The highest BCUT2D eigenvalue weighted by molar-refractivity contribution is 9.10. The fraction of sp³-hybridized carbons (Fsp3) is 0.222. The fourth-order valence-electron chi connectivity index (χ4n) is 2.61. The highest BCUT2D eigenvalue weighted by Gasteiger charge is 2.15. The number of fused-ring (bicyclic) bond motifs is 1. The van der Waals surface area contributed by atoms with E-state index in [0.29, 0.717) is 46.7 Å². The molecule has 0 saturated carbocycles. The van der Waals surface area contributed by atoms with Gasteiger partial charge in [-0.25, -0.2) is 4.98 Å². The van der Waals surface area contributed by atoms with Crippen LogP contribution in [0.5, 0.6) is 0 Å². The molecule has 144 valence electrons. The van der Waals surface area contributed by atoms with Gasteiger partial charge in [0, 0.05) is 11.6 Å². The van der Waals surface area contributed by atoms with E-state index in [0.717, 1.165) is 9.35 Å². The molecule has 0 bridgehead atoms. The third kappa shape index (κ3) is 4.04. The highest BCUT2D eigenvalue weighted by atomic mass is 79.9. The van der Waals surface area contributed by atoms with Gasteiger partial charge in [-0.2, -0.15) is 4.98 Å². The largest absolute Gasteiger partial charge is 0.383 e. The highest BCUT2D eigenvalue weighted by Crippen LogP contribution is 2.25. The van der Waals surface area contributed by atoms with Crippen molar-refractivity contribution in [3.05, 3.63) is 56.4 Å². The summed E-state index contributed by atoms with van der Waals surface area (Å²) in [6.07, 6.45) is 0. The predicted molar refractivity (Wildman–Crippen MR) is 113 cm³/mol. The molecule has 0 amide bonds. The molecule has 0 atom stereocenters. The minimum Gasteiger partial charge on any atom is -0.383 e. The van der Waals surface area contributed by atoms with Crippen LogP contribution in [-0.2, 0) is 17.0 Å². The van der Waals surface area contributed by atoms with Gasteiger partial charge in [-0.05, 0) is 29.6 Å². The zero-order chi connectivity index (χ0) is 19.5. The fourth-order valence-corrected chi connectivity index (χ4v) is 4.48. The van der Waals surface area contributed by atoms with Crippen molar-refractivity contribution in [1.29, 1.82) is 0 Å². The Kier molecular flexibility index (Phi) is 5.90. The van der Waals surface area contributed by atoms with Gasteiger partial charge in [0.05, 0.1) is 34.7 Å². The average Bonchev–Trinajstić information content (AvgIpc) is 3.38. The van der Waals surface area contributed by atoms with Crippen LogP contribution in [0.25, 0.3) is 21.6 Å². The monoisotopic (exact) mass is 478 g/mol. The van der Waals surface area contributed by atoms with E-state index in [1.54, 1.807) is 29.1 Å². The number of benzene rings is 1. The van der Waals surface area contributed by atoms with Crippen LogP contribution in [0.1, 0.15) is 5.89 Å². The molecule has 10 heteroatoms. The van der Waals surface area contributed by atoms with Crippen LogP contribution in [0.2, 0.25) is 0 Å². The molecule has 0 unspecified atom stereocenters. The average molecular weight is 479 g/mol. The molecular formula is C18H15BrN4O3S2. The van der Waals surface area contributed by atoms with Crippen molar-refractivity contribution < 1.29 is 9.26 Å². The number of rotatable bonds is 7. The molecule has 0 aliphatic heterocycles. The van der Waals surface area contributed by atoms with Crippen molar-refractivity contribution in [3.63, 3.8) is 0 Å². The molecule has 0 N–H and O–H groups in total. The first-order valence-electron chi connectivity index (χ1n) is 8.34. The quantitative estimate of drug-likeness (QED) is 0.290. The summed E-state index contributed by atoms with van der Waals surface area (Å²) in [7, 11) is 1.60. The van der Waals surface area contributed by atoms with Crippen LogP contribution in [0.15, 0.2) is 54.7 Å². The second-order valence-corrected chi connectivity index (χ2v) is 8.59. The maximum Gasteiger partial charge on any atom is 0.262 e. The molecule has 0 radical (unpaired) electrons. The second-order valence-electron chi connectivity index (χ2n) is 5.78. The molecular weight excluding hydrogens is 464 g/mol. The third-order valence-corrected chi connectivity index (χ3v) is 6.25. The number of halogens is 1. The van der Waals surface area contributed by atoms with Crippen LogP contribution in [0.3, 0.4) is 0 Å². The molecule has 0 spiro atoms. The number of thiophene rings is 1. The smallest absolute Gasteiger partial charge is 0.262 e. The van der Waals surface area contributed by atoms with Crippen LogP contribution in [-0.4, -0.2) is 33.4 Å². The zero-order valence-electron chi connectivity index (χ0n) is 14.8. The van der Waals surface area contributed by atoms with Crippen molar-refractivity contribution in [1.82, 2.24) is 19.7 Å². The number of aromatic nitrogens is 4. The summed E-state index contributed by atoms with van der Waals surface area (Å²) in [5, 5.41) is 7.13. The van der Waals surface area contributed by atoms with Gasteiger partial charge in [-0.3, -0.25) is 9.36 Å². The number of hydrogen-bond donors (Lipinski definition) is 0. The van der Waals surface area contributed by atoms with Crippen molar-refractivity contribution in [2.75, 3.05) is 13.7 Å². The Morgan fingerprint density at radius 1 is 1.32 bits per heavy atom. The topological polar surface area (TPSA) is 83.0 Å². The molecule has 0 aliphatic carbocycles. The van der Waals surface area contributed by atoms with Gasteiger partial charge in [-0.1, -0.05) is 38.9 Å². The van der Waals surface area contributed by atoms with Gasteiger partial charge in [0.1, 0.15) is 0 Å². The summed E-state index contributed by atoms with van der Waals surface area (Å²) in [6.45, 7) is 0.829. The molecule has 0 fully saturated rings. The van der Waals surface area contributed by atoms with Crippen molar-refractivity contribution in [2.45, 2.75) is 17.5 Å². The van der Waals surface area contributed by atoms with Crippen molar-refractivity contribution in [3.8, 4) is 10.7 Å². The van der Waals surface area contributed by atoms with Crippen LogP contribution in [0, 0.1) is 0 Å². The number of thioether (sulfide) groups is 1. The first-order valence-corrected chi connectivity index (χ1v) is 11.0. The lowest BCUT2D eigenvalue weighted by Gasteiger charge is -2.12. The Hall–Kier alpha value is -2.01. The van der Waals surface area contributed by atoms with Gasteiger partial charge >= 0.3 is 0 Å². The van der Waals surface area contributed by atoms with E-state index in [4.69, 9.17) is 9.26 Å². The summed E-state index contributed by atoms with van der Waals surface area (Å²) >= 11 is 6.35. The first-order chi connectivity index (χ1) is 13.7. The van der Waals surface area contributed by atoms with Gasteiger partial charge < -0.3 is 9.26 Å². The zero-order valence-corrected chi connectivity index (χ0v) is 18.0. The SMILES string of the molecule is COCCn1c(SCc2nc(-c3cccs3)no2)nc2ccc(Br)cc2c1=O. The Labute approximate surface area is 176 Å². The molecule has 0 saturated heterocycles. The summed E-state index contributed by atoms with van der Waals surface area (Å²) in [5.74, 6) is 1.47. The van der Waals surface area contributed by atoms with Crippen molar-refractivity contribution in [2.24, 2.45) is 0 Å². The summed E-state index contributed by atoms with van der Waals surface area (Å²) in [5.41, 5.74) is 0.546. The molecule has 7 nitrogen and oxygen atoms in total. The maximum absolute atomic E-state index is 13.0. The van der Waals surface area contributed by atoms with E-state index < -0.39 is 0 Å². The van der Waals surface area contributed by atoms with Crippen LogP contribution in [0.4, 0.5) is 0 Å². The van der Waals surface area contributed by atoms with Crippen molar-refractivity contribution >= 4 is 49.9 Å². The van der Waals surface area contributed by atoms with E-state index in [1.807, 2.05) is 29.6 Å². The van der Waals surface area contributed by atoms with Gasteiger partial charge in [0.2, 0.25) is 11.7 Å². The summed E-state index contributed by atoms with van der Waals surface area (Å²) < 4.78 is 13.0. The molecule has 1 aromatic carbocycles. The lowest BCUT2D eigenvalue weighted by molar-refractivity contribution is 0.183. The third-order valence-electron chi connectivity index (χ3n) is 3.93. The Balaban J connectivity index is 1.63. The van der Waals surface area contributed by atoms with E-state index in [1.165, 1.54) is 11.8 Å². The Morgan fingerprint density at radius 3 is 3.00 bits per heavy atom. The van der Waals surface area contributed by atoms with Crippen LogP contribution < -0.4 is 5.56 Å². The minimum atomic E-state index is -0.101. The number of hydrogen-bond acceptors (Lipinski definition) is 8. The molecule has 3 aromatic heterocycles. The van der Waals surface area contributed by atoms with E-state index in [-0.39, 0.29) is 5.56 Å². The first kappa shape index (κ1) is 19.3. The molecule has 3 heterocycles. The minimum absolute atomic E-state index is 0.101. The number of ether oxygens (including phenoxy) is 1. The normalized spacial score (nSPS) is 11.4. The summed E-state index contributed by atoms with van der Waals surface area (Å²) in [6, 6.07) is 9.36. The predicted octanol–water partition coefficient (Wildman–Crippen LogP) is 4.21. The van der Waals surface area contributed by atoms with E-state index in [9.17, 15) is 4.79 Å². The van der Waals surface area contributed by atoms with Gasteiger partial charge in [0.25, 0.3) is 5.56 Å². The molecule has 0 aliphatic rings. The van der Waals surface area contributed by atoms with Gasteiger partial charge in [0.15, 0.2) is 5.16 Å². The van der Waals surface area contributed by atoms with E-state index in [2.05, 4.69) is 31.1 Å². The van der Waals surface area contributed by atoms with Gasteiger partial charge in [-0.15, -0.1) is 11.3 Å². The van der Waals surface area contributed by atoms with Crippen LogP contribution >= 0.6 is 39.0 Å². The molecule has 4 aromatic rings. The number of methoxy groups -OCH3 is 1. The second kappa shape index (κ2) is 8.56. The Morgan fingerprint density at radius 2 is 2.21 bits per heavy atom. The molecule has 4 rings (SSSR count). The lowest BCUT2D eigenvalue weighted by Crippen LogP contribution is -2.25. The number of nitrogens with zero attached hydrogens (tertiary/aromatic N) is 4. The Bertz CT molecular complexity index is 1160. The molecule has 28 heavy (non-hydrogen) atoms. The standard InChI is InChI=1S/C18H15BrN4O3S2/c1-25-7-6-23-17(24)12-9-11(19)4-5-13(12)20-18(23)28-10-15-21-16(22-26-15)14-3-2-8-27-14/h2-5,8-9H,6-7,10H2,1H3. The lowest BCUT2D eigenvalue weighted by atomic mass is 10.2.